The van der Waals surface area contributed by atoms with Gasteiger partial charge in [-0.2, -0.15) is 0 Å². The molecule has 1 atom stereocenters. The average molecular weight is 281 g/mol. The summed E-state index contributed by atoms with van der Waals surface area (Å²) in [5, 5.41) is 3.45. The van der Waals surface area contributed by atoms with E-state index in [0.717, 1.165) is 25.9 Å². The molecule has 3 heteroatoms. The molecular weight excluding hydrogens is 258 g/mol. The van der Waals surface area contributed by atoms with E-state index in [1.807, 2.05) is 0 Å². The molecule has 110 valence electrons. The lowest BCUT2D eigenvalue weighted by atomic mass is 9.88. The Bertz CT molecular complexity index is 656. The highest BCUT2D eigenvalue weighted by Gasteiger charge is 2.26. The molecule has 1 unspecified atom stereocenters. The first kappa shape index (κ1) is 13.1. The minimum Gasteiger partial charge on any atom is -0.328 e. The first-order valence-electron chi connectivity index (χ1n) is 8.23. The Morgan fingerprint density at radius 1 is 1.24 bits per heavy atom. The van der Waals surface area contributed by atoms with Gasteiger partial charge < -0.3 is 9.88 Å². The van der Waals surface area contributed by atoms with Crippen LogP contribution in [0, 0.1) is 0 Å². The van der Waals surface area contributed by atoms with E-state index < -0.39 is 0 Å². The molecule has 2 aromatic rings. The molecule has 0 saturated heterocycles. The lowest BCUT2D eigenvalue weighted by Crippen LogP contribution is -2.28. The topological polar surface area (TPSA) is 29.9 Å². The summed E-state index contributed by atoms with van der Waals surface area (Å²) in [6, 6.07) is 9.54. The van der Waals surface area contributed by atoms with Crippen molar-refractivity contribution in [2.75, 3.05) is 6.54 Å². The van der Waals surface area contributed by atoms with Crippen LogP contribution in [0.15, 0.2) is 24.3 Å². The van der Waals surface area contributed by atoms with Gasteiger partial charge >= 0.3 is 0 Å². The van der Waals surface area contributed by atoms with E-state index >= 15 is 0 Å². The number of nitrogens with zero attached hydrogens (tertiary/aromatic N) is 2. The monoisotopic (exact) mass is 281 g/mol. The van der Waals surface area contributed by atoms with Gasteiger partial charge in [-0.25, -0.2) is 4.98 Å². The zero-order chi connectivity index (χ0) is 14.2. The number of hydrogen-bond donors (Lipinski definition) is 1. The van der Waals surface area contributed by atoms with Crippen molar-refractivity contribution in [2.45, 2.75) is 51.6 Å². The van der Waals surface area contributed by atoms with Gasteiger partial charge in [-0.1, -0.05) is 31.2 Å². The Labute approximate surface area is 126 Å². The molecule has 0 fully saturated rings. The Balaban J connectivity index is 1.72. The molecule has 2 heterocycles. The number of benzene rings is 1. The number of aromatic nitrogens is 2. The number of nitrogens with one attached hydrogen (secondary N) is 1. The summed E-state index contributed by atoms with van der Waals surface area (Å²) in [6.45, 7) is 4.26. The summed E-state index contributed by atoms with van der Waals surface area (Å²) in [6.07, 6.45) is 5.78. The van der Waals surface area contributed by atoms with Crippen molar-refractivity contribution >= 4 is 0 Å². The Morgan fingerprint density at radius 2 is 2.10 bits per heavy atom. The molecule has 21 heavy (non-hydrogen) atoms. The second-order valence-corrected chi connectivity index (χ2v) is 6.24. The van der Waals surface area contributed by atoms with Gasteiger partial charge in [0.25, 0.3) is 0 Å². The zero-order valence-electron chi connectivity index (χ0n) is 12.7. The van der Waals surface area contributed by atoms with Crippen LogP contribution in [-0.4, -0.2) is 16.1 Å². The Kier molecular flexibility index (Phi) is 3.30. The molecule has 0 spiro atoms. The third-order valence-corrected chi connectivity index (χ3v) is 5.00. The molecule has 0 bridgehead atoms. The maximum Gasteiger partial charge on any atom is 0.109 e. The van der Waals surface area contributed by atoms with Crippen LogP contribution in [0.1, 0.15) is 47.7 Å². The SMILES string of the molecule is CCc1nc2c(n1C1CCc3ccccc3C1)CCNC2. The minimum atomic E-state index is 0.601. The smallest absolute Gasteiger partial charge is 0.109 e. The van der Waals surface area contributed by atoms with Crippen molar-refractivity contribution in [3.05, 3.63) is 52.6 Å². The minimum absolute atomic E-state index is 0.601. The summed E-state index contributed by atoms with van der Waals surface area (Å²) in [7, 11) is 0. The van der Waals surface area contributed by atoms with E-state index in [-0.39, 0.29) is 0 Å². The fraction of sp³-hybridized carbons (Fsp3) is 0.500. The molecule has 1 aromatic carbocycles. The quantitative estimate of drug-likeness (QED) is 0.917. The molecule has 3 nitrogen and oxygen atoms in total. The van der Waals surface area contributed by atoms with Gasteiger partial charge in [-0.05, 0) is 30.4 Å². The van der Waals surface area contributed by atoms with E-state index in [9.17, 15) is 0 Å². The summed E-state index contributed by atoms with van der Waals surface area (Å²) >= 11 is 0. The van der Waals surface area contributed by atoms with Crippen molar-refractivity contribution in [3.63, 3.8) is 0 Å². The van der Waals surface area contributed by atoms with E-state index in [1.54, 1.807) is 5.56 Å². The normalized spacial score (nSPS) is 20.9. The van der Waals surface area contributed by atoms with Crippen molar-refractivity contribution in [3.8, 4) is 0 Å². The number of fused-ring (bicyclic) bond motifs is 2. The standard InChI is InChI=1S/C18H23N3/c1-2-18-20-16-12-19-10-9-17(16)21(18)15-8-7-13-5-3-4-6-14(13)11-15/h3-6,15,19H,2,7-12H2,1H3. The predicted octanol–water partition coefficient (Wildman–Crippen LogP) is 2.82. The van der Waals surface area contributed by atoms with Gasteiger partial charge in [-0.3, -0.25) is 0 Å². The van der Waals surface area contributed by atoms with Gasteiger partial charge in [0.1, 0.15) is 5.82 Å². The first-order chi connectivity index (χ1) is 10.4. The maximum atomic E-state index is 4.90. The number of aryl methyl sites for hydroxylation is 2. The van der Waals surface area contributed by atoms with E-state index in [0.29, 0.717) is 6.04 Å². The molecule has 1 N–H and O–H groups in total. The fourth-order valence-electron chi connectivity index (χ4n) is 3.97. The first-order valence-corrected chi connectivity index (χ1v) is 8.23. The Morgan fingerprint density at radius 3 is 2.95 bits per heavy atom. The lowest BCUT2D eigenvalue weighted by molar-refractivity contribution is 0.414. The molecule has 4 rings (SSSR count). The van der Waals surface area contributed by atoms with Crippen LogP contribution in [0.4, 0.5) is 0 Å². The van der Waals surface area contributed by atoms with Crippen LogP contribution in [0.25, 0.3) is 0 Å². The largest absolute Gasteiger partial charge is 0.328 e. The maximum absolute atomic E-state index is 4.90. The number of hydrogen-bond acceptors (Lipinski definition) is 2. The van der Waals surface area contributed by atoms with Gasteiger partial charge in [0.05, 0.1) is 5.69 Å². The number of rotatable bonds is 2. The highest BCUT2D eigenvalue weighted by molar-refractivity contribution is 5.31. The number of imidazole rings is 1. The summed E-state index contributed by atoms with van der Waals surface area (Å²) < 4.78 is 2.59. The third kappa shape index (κ3) is 2.20. The van der Waals surface area contributed by atoms with Crippen LogP contribution in [-0.2, 0) is 32.2 Å². The van der Waals surface area contributed by atoms with Crippen LogP contribution in [0.3, 0.4) is 0 Å². The van der Waals surface area contributed by atoms with Gasteiger partial charge in [0.2, 0.25) is 0 Å². The molecule has 1 aliphatic heterocycles. The zero-order valence-corrected chi connectivity index (χ0v) is 12.7. The highest BCUT2D eigenvalue weighted by Crippen LogP contribution is 2.32. The second kappa shape index (κ2) is 5.30. The predicted molar refractivity (Wildman–Crippen MR) is 84.5 cm³/mol. The van der Waals surface area contributed by atoms with Crippen molar-refractivity contribution in [1.29, 1.82) is 0 Å². The van der Waals surface area contributed by atoms with Crippen LogP contribution in [0.5, 0.6) is 0 Å². The molecule has 0 amide bonds. The van der Waals surface area contributed by atoms with E-state index in [1.165, 1.54) is 42.0 Å². The van der Waals surface area contributed by atoms with E-state index in [4.69, 9.17) is 4.98 Å². The molecule has 0 radical (unpaired) electrons. The van der Waals surface area contributed by atoms with E-state index in [2.05, 4.69) is 41.1 Å². The summed E-state index contributed by atoms with van der Waals surface area (Å²) in [5.74, 6) is 1.29. The fourth-order valence-corrected chi connectivity index (χ4v) is 3.97. The second-order valence-electron chi connectivity index (χ2n) is 6.24. The summed E-state index contributed by atoms with van der Waals surface area (Å²) in [5.41, 5.74) is 5.86. The van der Waals surface area contributed by atoms with Gasteiger partial charge in [0, 0.05) is 37.7 Å². The molecule has 1 aromatic heterocycles. The highest BCUT2D eigenvalue weighted by atomic mass is 15.1. The average Bonchev–Trinajstić information content (AvgIpc) is 2.93. The van der Waals surface area contributed by atoms with Crippen LogP contribution >= 0.6 is 0 Å². The van der Waals surface area contributed by atoms with Crippen molar-refractivity contribution in [1.82, 2.24) is 14.9 Å². The summed E-state index contributed by atoms with van der Waals surface area (Å²) in [4.78, 5) is 4.90. The molecule has 2 aliphatic rings. The third-order valence-electron chi connectivity index (χ3n) is 5.00. The lowest BCUT2D eigenvalue weighted by Gasteiger charge is -2.29. The molecule has 1 aliphatic carbocycles. The van der Waals surface area contributed by atoms with Gasteiger partial charge in [-0.15, -0.1) is 0 Å². The molecule has 0 saturated carbocycles. The van der Waals surface area contributed by atoms with Crippen LogP contribution < -0.4 is 5.32 Å². The van der Waals surface area contributed by atoms with Crippen molar-refractivity contribution in [2.24, 2.45) is 0 Å². The molecular formula is C18H23N3. The van der Waals surface area contributed by atoms with Crippen LogP contribution in [0.2, 0.25) is 0 Å². The Hall–Kier alpha value is -1.61. The van der Waals surface area contributed by atoms with Crippen molar-refractivity contribution < 1.29 is 0 Å². The van der Waals surface area contributed by atoms with Gasteiger partial charge in [0.15, 0.2) is 0 Å².